The number of likely N-dealkylation sites (tertiary alicyclic amines) is 1. The Morgan fingerprint density at radius 3 is 2.74 bits per heavy atom. The van der Waals surface area contributed by atoms with Gasteiger partial charge in [0.15, 0.2) is 5.76 Å². The van der Waals surface area contributed by atoms with Crippen molar-refractivity contribution in [1.82, 2.24) is 4.90 Å². The van der Waals surface area contributed by atoms with Crippen LogP contribution in [0.1, 0.15) is 40.2 Å². The molecule has 1 atom stereocenters. The summed E-state index contributed by atoms with van der Waals surface area (Å²) in [5.74, 6) is -1.43. The summed E-state index contributed by atoms with van der Waals surface area (Å²) in [7, 11) is 1.36. The highest BCUT2D eigenvalue weighted by atomic mass is 16.5. The monoisotopic (exact) mass is 372 g/mol. The molecule has 2 heterocycles. The molecule has 3 rings (SSSR count). The van der Waals surface area contributed by atoms with Gasteiger partial charge in [0, 0.05) is 18.3 Å². The van der Waals surface area contributed by atoms with Crippen LogP contribution in [0.15, 0.2) is 41.0 Å². The predicted molar refractivity (Wildman–Crippen MR) is 96.0 cm³/mol. The molecule has 8 nitrogen and oxygen atoms in total. The van der Waals surface area contributed by atoms with Crippen LogP contribution in [0.3, 0.4) is 0 Å². The Hall–Kier alpha value is -3.29. The summed E-state index contributed by atoms with van der Waals surface area (Å²) >= 11 is 0. The maximum atomic E-state index is 12.8. The topological polar surface area (TPSA) is 109 Å². The van der Waals surface area contributed by atoms with Crippen LogP contribution in [0.25, 0.3) is 0 Å². The van der Waals surface area contributed by atoms with Gasteiger partial charge in [0.2, 0.25) is 5.91 Å². The molecule has 0 aliphatic carbocycles. The Kier molecular flexibility index (Phi) is 5.44. The molecule has 142 valence electrons. The lowest BCUT2D eigenvalue weighted by Gasteiger charge is -2.34. The summed E-state index contributed by atoms with van der Waals surface area (Å²) < 4.78 is 10.2. The summed E-state index contributed by atoms with van der Waals surface area (Å²) in [5.41, 5.74) is 0.403. The summed E-state index contributed by atoms with van der Waals surface area (Å²) in [6, 6.07) is 6.88. The maximum absolute atomic E-state index is 12.8. The molecule has 27 heavy (non-hydrogen) atoms. The van der Waals surface area contributed by atoms with E-state index in [0.717, 1.165) is 12.8 Å². The average Bonchev–Trinajstić information content (AvgIpc) is 3.21. The molecule has 2 aromatic rings. The van der Waals surface area contributed by atoms with E-state index >= 15 is 0 Å². The zero-order valence-corrected chi connectivity index (χ0v) is 14.8. The van der Waals surface area contributed by atoms with E-state index in [1.807, 2.05) is 0 Å². The predicted octanol–water partition coefficient (Wildman–Crippen LogP) is 2.62. The second-order valence-electron chi connectivity index (χ2n) is 6.20. The quantitative estimate of drug-likeness (QED) is 0.835. The van der Waals surface area contributed by atoms with E-state index < -0.39 is 12.0 Å². The molecule has 1 aromatic carbocycles. The maximum Gasteiger partial charge on any atom is 0.339 e. The van der Waals surface area contributed by atoms with Crippen molar-refractivity contribution in [2.75, 3.05) is 19.0 Å². The van der Waals surface area contributed by atoms with Crippen molar-refractivity contribution in [2.45, 2.75) is 25.3 Å². The fourth-order valence-corrected chi connectivity index (χ4v) is 3.16. The molecule has 1 fully saturated rings. The second-order valence-corrected chi connectivity index (χ2v) is 6.20. The Morgan fingerprint density at radius 2 is 2.07 bits per heavy atom. The highest BCUT2D eigenvalue weighted by molar-refractivity contribution is 6.01. The molecular weight excluding hydrogens is 352 g/mol. The number of ether oxygens (including phenoxy) is 1. The van der Waals surface area contributed by atoms with Crippen LogP contribution in [0.5, 0.6) is 5.75 Å². The molecule has 2 N–H and O–H groups in total. The van der Waals surface area contributed by atoms with Crippen molar-refractivity contribution in [2.24, 2.45) is 0 Å². The van der Waals surface area contributed by atoms with Crippen LogP contribution in [0, 0.1) is 0 Å². The van der Waals surface area contributed by atoms with Crippen molar-refractivity contribution in [3.63, 3.8) is 0 Å². The van der Waals surface area contributed by atoms with Gasteiger partial charge in [0.1, 0.15) is 17.4 Å². The SMILES string of the molecule is COc1cc(NC(=O)C2CCCCN2C(=O)c2ccco2)ccc1C(=O)O. The Bertz CT molecular complexity index is 846. The average molecular weight is 372 g/mol. The fourth-order valence-electron chi connectivity index (χ4n) is 3.16. The standard InChI is InChI=1S/C19H20N2O6/c1-26-16-11-12(7-8-13(16)19(24)25)20-17(22)14-5-2-3-9-21(14)18(23)15-6-4-10-27-15/h4,6-8,10-11,14H,2-3,5,9H2,1H3,(H,20,22)(H,24,25). The zero-order chi connectivity index (χ0) is 19.4. The van der Waals surface area contributed by atoms with Crippen LogP contribution >= 0.6 is 0 Å². The van der Waals surface area contributed by atoms with Gasteiger partial charge in [0.05, 0.1) is 13.4 Å². The van der Waals surface area contributed by atoms with E-state index in [9.17, 15) is 14.4 Å². The van der Waals surface area contributed by atoms with Crippen LogP contribution in [0.4, 0.5) is 5.69 Å². The van der Waals surface area contributed by atoms with Gasteiger partial charge < -0.3 is 24.5 Å². The number of amides is 2. The summed E-state index contributed by atoms with van der Waals surface area (Å²) in [6.45, 7) is 0.471. The van der Waals surface area contributed by atoms with Gasteiger partial charge in [-0.2, -0.15) is 0 Å². The first-order valence-corrected chi connectivity index (χ1v) is 8.58. The number of hydrogen-bond donors (Lipinski definition) is 2. The fraction of sp³-hybridized carbons (Fsp3) is 0.316. The lowest BCUT2D eigenvalue weighted by molar-refractivity contribution is -0.121. The highest BCUT2D eigenvalue weighted by Gasteiger charge is 2.33. The number of furan rings is 1. The van der Waals surface area contributed by atoms with Crippen molar-refractivity contribution < 1.29 is 28.6 Å². The largest absolute Gasteiger partial charge is 0.496 e. The molecule has 0 saturated carbocycles. The van der Waals surface area contributed by atoms with Crippen molar-refractivity contribution >= 4 is 23.5 Å². The molecule has 1 aromatic heterocycles. The first-order chi connectivity index (χ1) is 13.0. The first-order valence-electron chi connectivity index (χ1n) is 8.58. The molecule has 1 aliphatic rings. The number of carbonyl (C=O) groups excluding carboxylic acids is 2. The third-order valence-electron chi connectivity index (χ3n) is 4.50. The number of carboxylic acids is 1. The highest BCUT2D eigenvalue weighted by Crippen LogP contribution is 2.25. The zero-order valence-electron chi connectivity index (χ0n) is 14.8. The molecule has 8 heteroatoms. The van der Waals surface area contributed by atoms with Crippen LogP contribution in [-0.4, -0.2) is 47.5 Å². The lowest BCUT2D eigenvalue weighted by Crippen LogP contribution is -2.49. The van der Waals surface area contributed by atoms with E-state index in [1.165, 1.54) is 36.5 Å². The van der Waals surface area contributed by atoms with E-state index in [1.54, 1.807) is 12.1 Å². The van der Waals surface area contributed by atoms with Gasteiger partial charge in [0.25, 0.3) is 5.91 Å². The minimum Gasteiger partial charge on any atom is -0.496 e. The smallest absolute Gasteiger partial charge is 0.339 e. The third-order valence-corrected chi connectivity index (χ3v) is 4.50. The number of carbonyl (C=O) groups is 3. The number of aromatic carboxylic acids is 1. The van der Waals surface area contributed by atoms with E-state index in [-0.39, 0.29) is 28.9 Å². The second kappa shape index (κ2) is 7.94. The van der Waals surface area contributed by atoms with Gasteiger partial charge in [-0.15, -0.1) is 0 Å². The summed E-state index contributed by atoms with van der Waals surface area (Å²) in [5, 5.41) is 11.9. The van der Waals surface area contributed by atoms with Crippen LogP contribution in [0.2, 0.25) is 0 Å². The minimum atomic E-state index is -1.12. The van der Waals surface area contributed by atoms with Crippen molar-refractivity contribution in [3.8, 4) is 5.75 Å². The number of hydrogen-bond acceptors (Lipinski definition) is 5. The molecule has 1 saturated heterocycles. The van der Waals surface area contributed by atoms with Crippen molar-refractivity contribution in [3.05, 3.63) is 47.9 Å². The lowest BCUT2D eigenvalue weighted by atomic mass is 10.0. The number of anilines is 1. The van der Waals surface area contributed by atoms with Gasteiger partial charge >= 0.3 is 5.97 Å². The van der Waals surface area contributed by atoms with E-state index in [0.29, 0.717) is 18.7 Å². The van der Waals surface area contributed by atoms with Gasteiger partial charge in [-0.1, -0.05) is 0 Å². The normalized spacial score (nSPS) is 16.6. The Morgan fingerprint density at radius 1 is 1.26 bits per heavy atom. The van der Waals surface area contributed by atoms with Crippen molar-refractivity contribution in [1.29, 1.82) is 0 Å². The summed E-state index contributed by atoms with van der Waals surface area (Å²) in [6.07, 6.45) is 3.61. The Balaban J connectivity index is 1.77. The number of piperidine rings is 1. The third kappa shape index (κ3) is 3.94. The molecule has 2 amide bonds. The molecular formula is C19H20N2O6. The van der Waals surface area contributed by atoms with Gasteiger partial charge in [-0.3, -0.25) is 9.59 Å². The molecule has 0 radical (unpaired) electrons. The van der Waals surface area contributed by atoms with E-state index in [4.69, 9.17) is 14.3 Å². The minimum absolute atomic E-state index is 0.00258. The molecule has 0 bridgehead atoms. The van der Waals surface area contributed by atoms with Crippen LogP contribution in [-0.2, 0) is 4.79 Å². The van der Waals surface area contributed by atoms with E-state index in [2.05, 4.69) is 5.32 Å². The van der Waals surface area contributed by atoms with Gasteiger partial charge in [-0.25, -0.2) is 4.79 Å². The number of nitrogens with zero attached hydrogens (tertiary/aromatic N) is 1. The number of rotatable bonds is 5. The first kappa shape index (κ1) is 18.5. The molecule has 1 unspecified atom stereocenters. The molecule has 1 aliphatic heterocycles. The number of nitrogens with one attached hydrogen (secondary N) is 1. The van der Waals surface area contributed by atoms with Crippen LogP contribution < -0.4 is 10.1 Å². The van der Waals surface area contributed by atoms with Gasteiger partial charge in [-0.05, 0) is 43.5 Å². The summed E-state index contributed by atoms with van der Waals surface area (Å²) in [4.78, 5) is 38.1. The molecule has 0 spiro atoms. The number of carboxylic acid groups (broad SMARTS) is 1. The number of methoxy groups -OCH3 is 1. The Labute approximate surface area is 155 Å². The number of benzene rings is 1.